The topological polar surface area (TPSA) is 56.4 Å². The summed E-state index contributed by atoms with van der Waals surface area (Å²) in [7, 11) is 0. The van der Waals surface area contributed by atoms with Crippen molar-refractivity contribution < 1.29 is 25.8 Å². The molecule has 0 atom stereocenters. The van der Waals surface area contributed by atoms with Crippen LogP contribution in [0.2, 0.25) is 0 Å². The average Bonchev–Trinajstić information content (AvgIpc) is 2.67. The van der Waals surface area contributed by atoms with Gasteiger partial charge in [0.2, 0.25) is 0 Å². The van der Waals surface area contributed by atoms with Crippen LogP contribution in [0.4, 0.5) is 0 Å². The van der Waals surface area contributed by atoms with E-state index in [0.717, 1.165) is 99.7 Å². The Kier molecular flexibility index (Phi) is 44.6. The summed E-state index contributed by atoms with van der Waals surface area (Å²) in [6.07, 6.45) is 0. The number of hydrogen-bond acceptors (Lipinski definition) is 0. The largest absolute Gasteiger partial charge is 4.00 e. The molecule has 0 aromatic rings. The molecule has 0 spiro atoms. The Morgan fingerprint density at radius 1 is 0.243 bits per heavy atom. The van der Waals surface area contributed by atoms with Gasteiger partial charge in [0.15, 0.2) is 0 Å². The minimum atomic E-state index is 0. The SMILES string of the molecule is CC(C)C[N-]CC(C)C.CC(C)C[N-]CC(C)C.CC(C)C[N-]CC(C)C.CC(C)C[N-]CC(C)C.[Hf+4]. The fourth-order valence-corrected chi connectivity index (χ4v) is 2.36. The van der Waals surface area contributed by atoms with Gasteiger partial charge in [-0.15, -0.1) is 52.4 Å². The average molecular weight is 691 g/mol. The summed E-state index contributed by atoms with van der Waals surface area (Å²) < 4.78 is 0. The van der Waals surface area contributed by atoms with E-state index in [2.05, 4.69) is 132 Å². The first-order valence-electron chi connectivity index (χ1n) is 15.0. The van der Waals surface area contributed by atoms with Gasteiger partial charge in [0.25, 0.3) is 0 Å². The molecule has 0 N–H and O–H groups in total. The van der Waals surface area contributed by atoms with E-state index in [4.69, 9.17) is 0 Å². The maximum atomic E-state index is 4.37. The second kappa shape index (κ2) is 34.7. The molecule has 4 nitrogen and oxygen atoms in total. The van der Waals surface area contributed by atoms with Crippen molar-refractivity contribution in [1.82, 2.24) is 0 Å². The summed E-state index contributed by atoms with van der Waals surface area (Å²) in [5.41, 5.74) is 0. The van der Waals surface area contributed by atoms with E-state index in [1.54, 1.807) is 0 Å². The molecule has 0 amide bonds. The van der Waals surface area contributed by atoms with Gasteiger partial charge in [-0.1, -0.05) is 158 Å². The smallest absolute Gasteiger partial charge is 0.662 e. The first kappa shape index (κ1) is 47.5. The molecule has 0 saturated heterocycles. The molecule has 0 aliphatic carbocycles. The molecule has 0 aliphatic rings. The molecule has 5 heteroatoms. The molecule has 0 bridgehead atoms. The van der Waals surface area contributed by atoms with Crippen LogP contribution >= 0.6 is 0 Å². The number of hydrogen-bond donors (Lipinski definition) is 0. The Labute approximate surface area is 256 Å². The van der Waals surface area contributed by atoms with E-state index in [1.807, 2.05) is 0 Å². The van der Waals surface area contributed by atoms with Gasteiger partial charge in [-0.05, 0) is 0 Å². The second-order valence-electron chi connectivity index (χ2n) is 13.5. The van der Waals surface area contributed by atoms with Crippen molar-refractivity contribution in [2.45, 2.75) is 111 Å². The Balaban J connectivity index is -0.000000122. The van der Waals surface area contributed by atoms with Crippen molar-refractivity contribution in [2.24, 2.45) is 47.3 Å². The standard InChI is InChI=1S/4C8H18N.Hf/c4*1-7(2)5-9-6-8(3)4;/h4*7-8H,5-6H2,1-4H3;/q4*-1;+4. The van der Waals surface area contributed by atoms with Gasteiger partial charge in [-0.2, -0.15) is 0 Å². The summed E-state index contributed by atoms with van der Waals surface area (Å²) in [6.45, 7) is 43.4. The van der Waals surface area contributed by atoms with Crippen LogP contribution in [0.5, 0.6) is 0 Å². The first-order valence-corrected chi connectivity index (χ1v) is 15.0. The van der Waals surface area contributed by atoms with Crippen LogP contribution in [-0.2, 0) is 25.8 Å². The molecule has 0 saturated carbocycles. The van der Waals surface area contributed by atoms with E-state index in [1.165, 1.54) is 0 Å². The van der Waals surface area contributed by atoms with Gasteiger partial charge in [0, 0.05) is 0 Å². The predicted octanol–water partition coefficient (Wildman–Crippen LogP) is 10.7. The summed E-state index contributed by atoms with van der Waals surface area (Å²) in [5, 5.41) is 17.5. The monoisotopic (exact) mass is 693 g/mol. The van der Waals surface area contributed by atoms with Crippen molar-refractivity contribution >= 4 is 0 Å². The predicted molar refractivity (Wildman–Crippen MR) is 171 cm³/mol. The van der Waals surface area contributed by atoms with Gasteiger partial charge in [-0.3, -0.25) is 0 Å². The third-order valence-corrected chi connectivity index (χ3v) is 3.95. The molecule has 0 rings (SSSR count). The zero-order valence-corrected chi connectivity index (χ0v) is 32.2. The van der Waals surface area contributed by atoms with Crippen LogP contribution in [-0.4, -0.2) is 52.4 Å². The third kappa shape index (κ3) is 72.4. The molecular formula is C32H72HfN4. The molecule has 0 heterocycles. The Hall–Kier alpha value is 0.710. The molecule has 0 fully saturated rings. The van der Waals surface area contributed by atoms with Crippen molar-refractivity contribution in [2.75, 3.05) is 52.4 Å². The first-order chi connectivity index (χ1) is 16.5. The molecule has 37 heavy (non-hydrogen) atoms. The fourth-order valence-electron chi connectivity index (χ4n) is 2.36. The van der Waals surface area contributed by atoms with Crippen LogP contribution in [0, 0.1) is 47.3 Å². The van der Waals surface area contributed by atoms with Crippen LogP contribution in [0.3, 0.4) is 0 Å². The second-order valence-corrected chi connectivity index (χ2v) is 13.5. The van der Waals surface area contributed by atoms with Gasteiger partial charge >= 0.3 is 25.8 Å². The van der Waals surface area contributed by atoms with E-state index in [9.17, 15) is 0 Å². The normalized spacial score (nSPS) is 11.0. The van der Waals surface area contributed by atoms with Crippen molar-refractivity contribution in [3.05, 3.63) is 21.3 Å². The van der Waals surface area contributed by atoms with Crippen molar-refractivity contribution in [1.29, 1.82) is 0 Å². The van der Waals surface area contributed by atoms with Gasteiger partial charge < -0.3 is 21.3 Å². The van der Waals surface area contributed by atoms with Crippen molar-refractivity contribution in [3.8, 4) is 0 Å². The molecular weight excluding hydrogens is 619 g/mol. The minimum Gasteiger partial charge on any atom is -0.662 e. The Morgan fingerprint density at radius 2 is 0.324 bits per heavy atom. The van der Waals surface area contributed by atoms with Crippen molar-refractivity contribution in [3.63, 3.8) is 0 Å². The number of rotatable bonds is 16. The number of nitrogens with zero attached hydrogens (tertiary/aromatic N) is 4. The molecule has 0 aliphatic heterocycles. The maximum absolute atomic E-state index is 4.37. The van der Waals surface area contributed by atoms with Crippen LogP contribution in [0.1, 0.15) is 111 Å². The molecule has 0 unspecified atom stereocenters. The molecule has 0 aromatic heterocycles. The third-order valence-electron chi connectivity index (χ3n) is 3.95. The van der Waals surface area contributed by atoms with Crippen LogP contribution in [0.25, 0.3) is 21.3 Å². The van der Waals surface area contributed by atoms with Crippen LogP contribution in [0.15, 0.2) is 0 Å². The quantitative estimate of drug-likeness (QED) is 0.145. The van der Waals surface area contributed by atoms with Gasteiger partial charge in [-0.25, -0.2) is 0 Å². The van der Waals surface area contributed by atoms with Gasteiger partial charge in [0.05, 0.1) is 0 Å². The zero-order valence-electron chi connectivity index (χ0n) is 28.6. The van der Waals surface area contributed by atoms with E-state index >= 15 is 0 Å². The molecule has 0 aromatic carbocycles. The van der Waals surface area contributed by atoms with E-state index in [-0.39, 0.29) is 25.8 Å². The Morgan fingerprint density at radius 3 is 0.378 bits per heavy atom. The molecule has 0 radical (unpaired) electrons. The minimum absolute atomic E-state index is 0. The summed E-state index contributed by atoms with van der Waals surface area (Å²) in [4.78, 5) is 0. The van der Waals surface area contributed by atoms with Crippen LogP contribution < -0.4 is 0 Å². The van der Waals surface area contributed by atoms with E-state index < -0.39 is 0 Å². The molecule has 224 valence electrons. The summed E-state index contributed by atoms with van der Waals surface area (Å²) >= 11 is 0. The summed E-state index contributed by atoms with van der Waals surface area (Å²) in [5.74, 6) is 5.81. The van der Waals surface area contributed by atoms with Gasteiger partial charge in [0.1, 0.15) is 0 Å². The summed E-state index contributed by atoms with van der Waals surface area (Å²) in [6, 6.07) is 0. The fraction of sp³-hybridized carbons (Fsp3) is 1.00. The van der Waals surface area contributed by atoms with E-state index in [0.29, 0.717) is 0 Å². The Bertz CT molecular complexity index is 277. The zero-order chi connectivity index (χ0) is 29.1. The maximum Gasteiger partial charge on any atom is 4.00 e.